The number of carbonyl (C=O) groups is 1. The Hall–Kier alpha value is -1.09. The topological polar surface area (TPSA) is 26.3 Å². The highest BCUT2D eigenvalue weighted by Crippen LogP contribution is 2.34. The Morgan fingerprint density at radius 3 is 2.75 bits per heavy atom. The molecule has 1 aliphatic rings. The van der Waals surface area contributed by atoms with Crippen LogP contribution in [0.15, 0.2) is 28.4 Å². The third-order valence-electron chi connectivity index (χ3n) is 2.85. The predicted octanol–water partition coefficient (Wildman–Crippen LogP) is 3.48. The molecule has 0 atom stereocenters. The van der Waals surface area contributed by atoms with Gasteiger partial charge in [-0.05, 0) is 30.2 Å². The maximum atomic E-state index is 11.9. The van der Waals surface area contributed by atoms with Crippen LogP contribution in [-0.4, -0.2) is 12.9 Å². The first-order chi connectivity index (χ1) is 7.63. The van der Waals surface area contributed by atoms with Crippen LogP contribution in [0, 0.1) is 6.92 Å². The van der Waals surface area contributed by atoms with Crippen LogP contribution in [0.2, 0.25) is 0 Å². The van der Waals surface area contributed by atoms with Crippen LogP contribution >= 0.6 is 15.9 Å². The molecule has 0 unspecified atom stereocenters. The van der Waals surface area contributed by atoms with Crippen molar-refractivity contribution in [2.24, 2.45) is 0 Å². The van der Waals surface area contributed by atoms with E-state index in [1.165, 1.54) is 0 Å². The minimum Gasteiger partial charge on any atom is -0.500 e. The minimum atomic E-state index is 0.179. The van der Waals surface area contributed by atoms with Crippen molar-refractivity contribution in [1.29, 1.82) is 0 Å². The Morgan fingerprint density at radius 2 is 2.06 bits per heavy atom. The number of ketones is 1. The molecule has 0 spiro atoms. The van der Waals surface area contributed by atoms with Gasteiger partial charge < -0.3 is 4.74 Å². The van der Waals surface area contributed by atoms with Crippen LogP contribution < -0.4 is 0 Å². The first kappa shape index (κ1) is 11.4. The van der Waals surface area contributed by atoms with Crippen LogP contribution in [0.5, 0.6) is 0 Å². The number of aryl methyl sites for hydroxylation is 1. The summed E-state index contributed by atoms with van der Waals surface area (Å²) in [4.78, 5) is 11.9. The van der Waals surface area contributed by atoms with E-state index in [1.807, 2.05) is 25.1 Å². The Labute approximate surface area is 103 Å². The number of allylic oxidation sites excluding steroid dienone is 2. The van der Waals surface area contributed by atoms with Gasteiger partial charge >= 0.3 is 0 Å². The van der Waals surface area contributed by atoms with E-state index in [-0.39, 0.29) is 5.78 Å². The monoisotopic (exact) mass is 280 g/mol. The predicted molar refractivity (Wildman–Crippen MR) is 67.0 cm³/mol. The number of hydrogen-bond acceptors (Lipinski definition) is 2. The van der Waals surface area contributed by atoms with Gasteiger partial charge in [0.25, 0.3) is 0 Å². The van der Waals surface area contributed by atoms with E-state index in [9.17, 15) is 4.79 Å². The minimum absolute atomic E-state index is 0.179. The van der Waals surface area contributed by atoms with Crippen molar-refractivity contribution in [3.8, 4) is 0 Å². The molecule has 3 heteroatoms. The van der Waals surface area contributed by atoms with E-state index in [4.69, 9.17) is 4.74 Å². The maximum Gasteiger partial charge on any atom is 0.167 e. The zero-order valence-electron chi connectivity index (χ0n) is 9.34. The molecule has 2 rings (SSSR count). The second-order valence-electron chi connectivity index (χ2n) is 3.88. The molecule has 0 N–H and O–H groups in total. The van der Waals surface area contributed by atoms with Crippen LogP contribution in [0.25, 0.3) is 5.57 Å². The van der Waals surface area contributed by atoms with Crippen LogP contribution in [0.1, 0.15) is 24.0 Å². The Kier molecular flexibility index (Phi) is 3.15. The zero-order valence-corrected chi connectivity index (χ0v) is 10.9. The van der Waals surface area contributed by atoms with Crippen molar-refractivity contribution < 1.29 is 9.53 Å². The summed E-state index contributed by atoms with van der Waals surface area (Å²) in [5.74, 6) is 0.990. The van der Waals surface area contributed by atoms with Gasteiger partial charge in [-0.2, -0.15) is 0 Å². The van der Waals surface area contributed by atoms with Crippen molar-refractivity contribution in [2.75, 3.05) is 7.11 Å². The highest BCUT2D eigenvalue weighted by atomic mass is 79.9. The largest absolute Gasteiger partial charge is 0.500 e. The fourth-order valence-corrected chi connectivity index (χ4v) is 2.36. The van der Waals surface area contributed by atoms with Crippen molar-refractivity contribution in [2.45, 2.75) is 19.8 Å². The van der Waals surface area contributed by atoms with Crippen LogP contribution in [0.4, 0.5) is 0 Å². The smallest absolute Gasteiger partial charge is 0.167 e. The van der Waals surface area contributed by atoms with Gasteiger partial charge in [-0.3, -0.25) is 4.79 Å². The Balaban J connectivity index is 2.58. The van der Waals surface area contributed by atoms with Gasteiger partial charge in [-0.1, -0.05) is 22.0 Å². The number of methoxy groups -OCH3 is 1. The van der Waals surface area contributed by atoms with Crippen molar-refractivity contribution >= 4 is 27.3 Å². The molecule has 1 aliphatic carbocycles. The van der Waals surface area contributed by atoms with Crippen molar-refractivity contribution in [3.05, 3.63) is 39.6 Å². The second-order valence-corrected chi connectivity index (χ2v) is 4.80. The average Bonchev–Trinajstić information content (AvgIpc) is 2.63. The number of Topliss-reactive ketones (excluding diaryl/α,β-unsaturated/α-hetero) is 1. The summed E-state index contributed by atoms with van der Waals surface area (Å²) < 4.78 is 6.27. The molecule has 0 heterocycles. The normalized spacial score (nSPS) is 15.8. The number of carbonyl (C=O) groups excluding carboxylic acids is 1. The number of halogens is 1. The third-order valence-corrected chi connectivity index (χ3v) is 3.35. The van der Waals surface area contributed by atoms with Gasteiger partial charge in [0.2, 0.25) is 0 Å². The summed E-state index contributed by atoms with van der Waals surface area (Å²) in [7, 11) is 1.63. The first-order valence-corrected chi connectivity index (χ1v) is 5.99. The quantitative estimate of drug-likeness (QED) is 0.829. The summed E-state index contributed by atoms with van der Waals surface area (Å²) in [6.07, 6.45) is 1.28. The average molecular weight is 281 g/mol. The highest BCUT2D eigenvalue weighted by molar-refractivity contribution is 9.10. The summed E-state index contributed by atoms with van der Waals surface area (Å²) >= 11 is 3.43. The molecule has 2 nitrogen and oxygen atoms in total. The fraction of sp³-hybridized carbons (Fsp3) is 0.308. The first-order valence-electron chi connectivity index (χ1n) is 5.20. The lowest BCUT2D eigenvalue weighted by Crippen LogP contribution is -1.99. The summed E-state index contributed by atoms with van der Waals surface area (Å²) in [6, 6.07) is 5.96. The van der Waals surface area contributed by atoms with E-state index in [2.05, 4.69) is 15.9 Å². The number of rotatable bonds is 2. The van der Waals surface area contributed by atoms with Crippen molar-refractivity contribution in [3.63, 3.8) is 0 Å². The molecule has 1 aromatic carbocycles. The molecule has 0 saturated heterocycles. The van der Waals surface area contributed by atoms with E-state index < -0.39 is 0 Å². The Morgan fingerprint density at radius 1 is 1.31 bits per heavy atom. The zero-order chi connectivity index (χ0) is 11.7. The van der Waals surface area contributed by atoms with Gasteiger partial charge in [-0.25, -0.2) is 0 Å². The van der Waals surface area contributed by atoms with Crippen LogP contribution in [-0.2, 0) is 9.53 Å². The van der Waals surface area contributed by atoms with E-state index in [0.717, 1.165) is 33.4 Å². The van der Waals surface area contributed by atoms with E-state index in [1.54, 1.807) is 7.11 Å². The molecule has 1 aromatic rings. The molecule has 0 fully saturated rings. The van der Waals surface area contributed by atoms with E-state index >= 15 is 0 Å². The summed E-state index contributed by atoms with van der Waals surface area (Å²) in [5, 5.41) is 0. The SMILES string of the molecule is COC1=C(c2cc(Br)ccc2C)C(=O)CC1. The van der Waals surface area contributed by atoms with Gasteiger partial charge in [0.15, 0.2) is 5.78 Å². The fourth-order valence-electron chi connectivity index (χ4n) is 2.00. The Bertz CT molecular complexity index is 475. The van der Waals surface area contributed by atoms with Gasteiger partial charge in [0.05, 0.1) is 12.7 Å². The molecular formula is C13H13BrO2. The lowest BCUT2D eigenvalue weighted by Gasteiger charge is -2.09. The molecule has 0 bridgehead atoms. The lowest BCUT2D eigenvalue weighted by atomic mass is 9.99. The molecular weight excluding hydrogens is 268 g/mol. The summed E-state index contributed by atoms with van der Waals surface area (Å²) in [5.41, 5.74) is 2.83. The molecule has 16 heavy (non-hydrogen) atoms. The second kappa shape index (κ2) is 4.42. The maximum absolute atomic E-state index is 11.9. The van der Waals surface area contributed by atoms with Crippen molar-refractivity contribution in [1.82, 2.24) is 0 Å². The number of ether oxygens (including phenoxy) is 1. The highest BCUT2D eigenvalue weighted by Gasteiger charge is 2.26. The van der Waals surface area contributed by atoms with Crippen LogP contribution in [0.3, 0.4) is 0 Å². The molecule has 84 valence electrons. The molecule has 0 radical (unpaired) electrons. The van der Waals surface area contributed by atoms with Gasteiger partial charge in [-0.15, -0.1) is 0 Å². The molecule has 0 amide bonds. The van der Waals surface area contributed by atoms with Gasteiger partial charge in [0.1, 0.15) is 5.76 Å². The van der Waals surface area contributed by atoms with E-state index in [0.29, 0.717) is 6.42 Å². The molecule has 0 aromatic heterocycles. The number of benzene rings is 1. The third kappa shape index (κ3) is 1.92. The standard InChI is InChI=1S/C13H13BrO2/c1-8-3-4-9(14)7-10(8)13-11(15)5-6-12(13)16-2/h3-4,7H,5-6H2,1-2H3. The molecule has 0 saturated carbocycles. The molecule has 0 aliphatic heterocycles. The summed E-state index contributed by atoms with van der Waals surface area (Å²) in [6.45, 7) is 2.01. The number of hydrogen-bond donors (Lipinski definition) is 0. The lowest BCUT2D eigenvalue weighted by molar-refractivity contribution is -0.113. The van der Waals surface area contributed by atoms with Gasteiger partial charge in [0, 0.05) is 17.3 Å².